The Balaban J connectivity index is 2.10. The number of hydrogen-bond acceptors (Lipinski definition) is 7. The minimum atomic E-state index is -1.91. The molecule has 3 rings (SSSR count). The van der Waals surface area contributed by atoms with Gasteiger partial charge in [0.2, 0.25) is 5.79 Å². The number of fused-ring (bicyclic) bond motifs is 1. The molecule has 1 unspecified atom stereocenters. The van der Waals surface area contributed by atoms with Crippen LogP contribution < -0.4 is 5.73 Å². The molecule has 1 aliphatic rings. The molecule has 1 fully saturated rings. The largest absolute Gasteiger partial charge is 0.397 e. The molecule has 0 radical (unpaired) electrons. The Morgan fingerprint density at radius 1 is 1.20 bits per heavy atom. The molecule has 0 bridgehead atoms. The van der Waals surface area contributed by atoms with Gasteiger partial charge in [-0.2, -0.15) is 5.10 Å². The SMILES string of the molecule is C=CCOC[C@H]1OC(O)(c2ccc3c(N)ccnn23)[C@](C)(OCC=C)[C@@H]1OCC=C. The highest BCUT2D eigenvalue weighted by Crippen LogP contribution is 2.49. The van der Waals surface area contributed by atoms with Crippen molar-refractivity contribution < 1.29 is 24.1 Å². The summed E-state index contributed by atoms with van der Waals surface area (Å²) in [6.45, 7) is 13.7. The summed E-state index contributed by atoms with van der Waals surface area (Å²) in [5.74, 6) is -1.91. The molecule has 3 heterocycles. The topological polar surface area (TPSA) is 100 Å². The second-order valence-corrected chi connectivity index (χ2v) is 7.18. The Kier molecular flexibility index (Phi) is 6.74. The molecule has 0 spiro atoms. The van der Waals surface area contributed by atoms with Crippen LogP contribution in [0.1, 0.15) is 12.6 Å². The molecule has 0 aromatic carbocycles. The molecule has 162 valence electrons. The van der Waals surface area contributed by atoms with Gasteiger partial charge in [-0.15, -0.1) is 19.7 Å². The summed E-state index contributed by atoms with van der Waals surface area (Å²) in [6, 6.07) is 5.17. The number of rotatable bonds is 11. The fourth-order valence-corrected chi connectivity index (χ4v) is 3.79. The number of ether oxygens (including phenoxy) is 4. The van der Waals surface area contributed by atoms with Gasteiger partial charge < -0.3 is 29.8 Å². The number of nitrogen functional groups attached to an aromatic ring is 1. The third kappa shape index (κ3) is 3.68. The van der Waals surface area contributed by atoms with Crippen LogP contribution in [0.5, 0.6) is 0 Å². The van der Waals surface area contributed by atoms with Gasteiger partial charge in [0.05, 0.1) is 37.6 Å². The molecule has 8 nitrogen and oxygen atoms in total. The number of nitrogens with two attached hydrogens (primary N) is 1. The summed E-state index contributed by atoms with van der Waals surface area (Å²) in [4.78, 5) is 0. The van der Waals surface area contributed by atoms with Crippen LogP contribution in [-0.2, 0) is 24.7 Å². The van der Waals surface area contributed by atoms with Crippen molar-refractivity contribution in [3.8, 4) is 0 Å². The van der Waals surface area contributed by atoms with Crippen molar-refractivity contribution in [2.24, 2.45) is 0 Å². The van der Waals surface area contributed by atoms with Crippen LogP contribution in [0.15, 0.2) is 62.4 Å². The lowest BCUT2D eigenvalue weighted by atomic mass is 9.87. The molecule has 8 heteroatoms. The molecule has 30 heavy (non-hydrogen) atoms. The highest BCUT2D eigenvalue weighted by molar-refractivity contribution is 5.69. The highest BCUT2D eigenvalue weighted by atomic mass is 16.7. The number of nitrogens with zero attached hydrogens (tertiary/aromatic N) is 2. The van der Waals surface area contributed by atoms with Crippen molar-refractivity contribution in [2.45, 2.75) is 30.5 Å². The van der Waals surface area contributed by atoms with E-state index in [1.807, 2.05) is 0 Å². The zero-order valence-electron chi connectivity index (χ0n) is 17.2. The normalized spacial score (nSPS) is 28.6. The third-order valence-corrected chi connectivity index (χ3v) is 5.22. The molecule has 0 saturated carbocycles. The van der Waals surface area contributed by atoms with E-state index in [1.165, 1.54) is 0 Å². The summed E-state index contributed by atoms with van der Waals surface area (Å²) in [7, 11) is 0. The van der Waals surface area contributed by atoms with E-state index in [9.17, 15) is 5.11 Å². The van der Waals surface area contributed by atoms with E-state index in [4.69, 9.17) is 24.7 Å². The molecule has 2 aromatic rings. The maximum atomic E-state index is 11.9. The van der Waals surface area contributed by atoms with Gasteiger partial charge in [0, 0.05) is 6.20 Å². The van der Waals surface area contributed by atoms with Crippen LogP contribution in [0, 0.1) is 0 Å². The van der Waals surface area contributed by atoms with Crippen molar-refractivity contribution in [2.75, 3.05) is 32.2 Å². The van der Waals surface area contributed by atoms with Gasteiger partial charge in [-0.05, 0) is 25.1 Å². The predicted octanol–water partition coefficient (Wildman–Crippen LogP) is 2.20. The number of anilines is 1. The van der Waals surface area contributed by atoms with Crippen LogP contribution in [-0.4, -0.2) is 59.0 Å². The maximum absolute atomic E-state index is 11.9. The van der Waals surface area contributed by atoms with Crippen molar-refractivity contribution in [3.05, 3.63) is 68.1 Å². The van der Waals surface area contributed by atoms with Gasteiger partial charge in [-0.3, -0.25) is 0 Å². The second kappa shape index (κ2) is 9.11. The maximum Gasteiger partial charge on any atom is 0.243 e. The summed E-state index contributed by atoms with van der Waals surface area (Å²) < 4.78 is 25.5. The van der Waals surface area contributed by atoms with E-state index in [2.05, 4.69) is 24.8 Å². The first-order chi connectivity index (χ1) is 14.4. The lowest BCUT2D eigenvalue weighted by Crippen LogP contribution is -2.56. The van der Waals surface area contributed by atoms with Crippen molar-refractivity contribution in [3.63, 3.8) is 0 Å². The van der Waals surface area contributed by atoms with Gasteiger partial charge in [-0.25, -0.2) is 4.52 Å². The van der Waals surface area contributed by atoms with Gasteiger partial charge in [0.25, 0.3) is 0 Å². The number of aliphatic hydroxyl groups is 1. The third-order valence-electron chi connectivity index (χ3n) is 5.22. The Bertz CT molecular complexity index is 913. The molecule has 4 atom stereocenters. The highest BCUT2D eigenvalue weighted by Gasteiger charge is 2.66. The smallest absolute Gasteiger partial charge is 0.243 e. The van der Waals surface area contributed by atoms with E-state index in [1.54, 1.807) is 54.1 Å². The first kappa shape index (κ1) is 22.2. The first-order valence-electron chi connectivity index (χ1n) is 9.71. The molecule has 1 aliphatic heterocycles. The Hall–Kier alpha value is -2.49. The fraction of sp³-hybridized carbons (Fsp3) is 0.409. The van der Waals surface area contributed by atoms with Crippen LogP contribution in [0.25, 0.3) is 5.52 Å². The summed E-state index contributed by atoms with van der Waals surface area (Å²) in [5, 5.41) is 16.3. The summed E-state index contributed by atoms with van der Waals surface area (Å²) in [5.41, 5.74) is 6.29. The monoisotopic (exact) mass is 415 g/mol. The number of aromatic nitrogens is 2. The first-order valence-corrected chi connectivity index (χ1v) is 9.71. The molecule has 1 saturated heterocycles. The van der Waals surface area contributed by atoms with E-state index in [-0.39, 0.29) is 19.8 Å². The van der Waals surface area contributed by atoms with E-state index >= 15 is 0 Å². The standard InChI is InChI=1S/C22H29N3O5/c1-5-12-27-15-18-20(28-13-6-2)21(4,29-14-7-3)22(26,30-18)19-9-8-17-16(23)10-11-24-25(17)19/h5-11,18,20,26H,1-3,12-15,23H2,4H3/t18-,20-,21-,22?/m1/s1. The van der Waals surface area contributed by atoms with Crippen molar-refractivity contribution in [1.29, 1.82) is 0 Å². The van der Waals surface area contributed by atoms with Gasteiger partial charge in [-0.1, -0.05) is 18.2 Å². The van der Waals surface area contributed by atoms with Gasteiger partial charge in [0.15, 0.2) is 5.60 Å². The van der Waals surface area contributed by atoms with Crippen molar-refractivity contribution in [1.82, 2.24) is 9.61 Å². The Labute approximate surface area is 176 Å². The average molecular weight is 415 g/mol. The van der Waals surface area contributed by atoms with Crippen LogP contribution in [0.4, 0.5) is 5.69 Å². The minimum absolute atomic E-state index is 0.169. The lowest BCUT2D eigenvalue weighted by Gasteiger charge is -2.39. The molecule has 2 aromatic heterocycles. The van der Waals surface area contributed by atoms with Gasteiger partial charge in [0.1, 0.15) is 17.9 Å². The molecule has 3 N–H and O–H groups in total. The van der Waals surface area contributed by atoms with Crippen LogP contribution in [0.2, 0.25) is 0 Å². The quantitative estimate of drug-likeness (QED) is 0.429. The molecule has 0 amide bonds. The van der Waals surface area contributed by atoms with Crippen LogP contribution >= 0.6 is 0 Å². The average Bonchev–Trinajstić information content (AvgIpc) is 3.25. The van der Waals surface area contributed by atoms with Gasteiger partial charge >= 0.3 is 0 Å². The fourth-order valence-electron chi connectivity index (χ4n) is 3.79. The summed E-state index contributed by atoms with van der Waals surface area (Å²) >= 11 is 0. The predicted molar refractivity (Wildman–Crippen MR) is 114 cm³/mol. The molecular formula is C22H29N3O5. The van der Waals surface area contributed by atoms with Crippen LogP contribution in [0.3, 0.4) is 0 Å². The van der Waals surface area contributed by atoms with Crippen molar-refractivity contribution >= 4 is 11.2 Å². The van der Waals surface area contributed by atoms with E-state index in [0.717, 1.165) is 0 Å². The van der Waals surface area contributed by atoms with E-state index in [0.29, 0.717) is 23.5 Å². The zero-order valence-corrected chi connectivity index (χ0v) is 17.2. The van der Waals surface area contributed by atoms with E-state index < -0.39 is 23.6 Å². The second-order valence-electron chi connectivity index (χ2n) is 7.18. The molecule has 0 aliphatic carbocycles. The Morgan fingerprint density at radius 2 is 1.93 bits per heavy atom. The summed E-state index contributed by atoms with van der Waals surface area (Å²) in [6.07, 6.45) is 5.13. The minimum Gasteiger partial charge on any atom is -0.397 e. The Morgan fingerprint density at radius 3 is 2.63 bits per heavy atom. The molecular weight excluding hydrogens is 386 g/mol. The number of hydrogen-bond donors (Lipinski definition) is 2. The zero-order chi connectivity index (χ0) is 21.8. The lowest BCUT2D eigenvalue weighted by molar-refractivity contribution is -0.288.